The summed E-state index contributed by atoms with van der Waals surface area (Å²) < 4.78 is 25.2. The first-order valence-corrected chi connectivity index (χ1v) is 16.0. The summed E-state index contributed by atoms with van der Waals surface area (Å²) in [5.41, 5.74) is 3.01. The van der Waals surface area contributed by atoms with Crippen molar-refractivity contribution in [3.05, 3.63) is 70.9 Å². The maximum absolute atomic E-state index is 13.2. The van der Waals surface area contributed by atoms with Crippen LogP contribution in [0.4, 0.5) is 11.6 Å². The molecule has 1 amide bonds. The zero-order chi connectivity index (χ0) is 29.9. The number of carbonyl (C=O) groups excluding carboxylic acids is 1. The second kappa shape index (κ2) is 13.1. The zero-order valence-corrected chi connectivity index (χ0v) is 25.3. The van der Waals surface area contributed by atoms with Crippen LogP contribution in [0.1, 0.15) is 6.42 Å². The van der Waals surface area contributed by atoms with Crippen molar-refractivity contribution >= 4 is 60.0 Å². The van der Waals surface area contributed by atoms with Crippen LogP contribution in [0.2, 0.25) is 0 Å². The van der Waals surface area contributed by atoms with Crippen LogP contribution in [-0.4, -0.2) is 83.2 Å². The topological polar surface area (TPSA) is 93.5 Å². The van der Waals surface area contributed by atoms with Crippen molar-refractivity contribution in [3.63, 3.8) is 0 Å². The number of carbonyl (C=O) groups is 1. The third-order valence-corrected chi connectivity index (χ3v) is 9.46. The number of anilines is 2. The van der Waals surface area contributed by atoms with E-state index in [0.29, 0.717) is 49.8 Å². The van der Waals surface area contributed by atoms with E-state index in [9.17, 15) is 9.59 Å². The summed E-state index contributed by atoms with van der Waals surface area (Å²) in [4.78, 5) is 30.7. The summed E-state index contributed by atoms with van der Waals surface area (Å²) in [6.45, 7) is 7.43. The number of para-hydroxylation sites is 1. The van der Waals surface area contributed by atoms with Gasteiger partial charge in [0.05, 0.1) is 37.5 Å². The van der Waals surface area contributed by atoms with Crippen molar-refractivity contribution in [2.24, 2.45) is 0 Å². The van der Waals surface area contributed by atoms with Gasteiger partial charge in [0.2, 0.25) is 5.91 Å². The maximum Gasteiger partial charge on any atom is 0.250 e. The largest absolute Gasteiger partial charge is 0.440 e. The van der Waals surface area contributed by atoms with Crippen LogP contribution in [0.5, 0.6) is 0 Å². The van der Waals surface area contributed by atoms with Gasteiger partial charge in [-0.3, -0.25) is 14.5 Å². The minimum absolute atomic E-state index is 0.00672. The van der Waals surface area contributed by atoms with E-state index in [4.69, 9.17) is 18.6 Å². The number of nitrogens with zero attached hydrogens (tertiary/aromatic N) is 2. The van der Waals surface area contributed by atoms with Crippen LogP contribution >= 0.6 is 11.3 Å². The predicted octanol–water partition coefficient (Wildman–Crippen LogP) is 5.34. The first-order chi connectivity index (χ1) is 21.7. The third-order valence-electron chi connectivity index (χ3n) is 8.25. The second-order valence-electron chi connectivity index (χ2n) is 11.1. The number of nitrogens with one attached hydrogen (secondary N) is 1. The van der Waals surface area contributed by atoms with Gasteiger partial charge in [0.15, 0.2) is 11.3 Å². The molecule has 9 nitrogen and oxygen atoms in total. The van der Waals surface area contributed by atoms with E-state index in [2.05, 4.69) is 27.2 Å². The van der Waals surface area contributed by atoms with Gasteiger partial charge in [0, 0.05) is 76.7 Å². The molecule has 0 aliphatic carbocycles. The normalized spacial score (nSPS) is 16.2. The Balaban J connectivity index is 1.18. The second-order valence-corrected chi connectivity index (χ2v) is 12.2. The van der Waals surface area contributed by atoms with Gasteiger partial charge < -0.3 is 28.8 Å². The van der Waals surface area contributed by atoms with Crippen LogP contribution in [0.25, 0.3) is 42.3 Å². The van der Waals surface area contributed by atoms with Gasteiger partial charge in [0.25, 0.3) is 0 Å². The highest BCUT2D eigenvalue weighted by molar-refractivity contribution is 7.26. The molecule has 0 saturated carbocycles. The van der Waals surface area contributed by atoms with Crippen molar-refractivity contribution in [1.29, 1.82) is 0 Å². The Morgan fingerprint density at radius 2 is 1.66 bits per heavy atom. The molecule has 2 fully saturated rings. The minimum atomic E-state index is -0.188. The fraction of sp³-hybridized carbons (Fsp3) is 0.353. The Morgan fingerprint density at radius 1 is 0.886 bits per heavy atom. The molecule has 0 radical (unpaired) electrons. The third kappa shape index (κ3) is 5.96. The lowest BCUT2D eigenvalue weighted by atomic mass is 9.99. The van der Waals surface area contributed by atoms with Crippen molar-refractivity contribution < 1.29 is 23.4 Å². The van der Waals surface area contributed by atoms with Crippen molar-refractivity contribution in [2.45, 2.75) is 6.42 Å². The quantitative estimate of drug-likeness (QED) is 0.223. The Labute approximate surface area is 258 Å². The summed E-state index contributed by atoms with van der Waals surface area (Å²) in [6, 6.07) is 19.4. The molecule has 5 aromatic rings. The van der Waals surface area contributed by atoms with E-state index < -0.39 is 0 Å². The SMILES string of the molecule is O=C(COCCCN1CCOCC1)Nc1ccc(-c2cccc3c(=O)cc(N4CCOCC4)oc23)c2sc3ccccc3c12. The highest BCUT2D eigenvalue weighted by Crippen LogP contribution is 2.45. The predicted molar refractivity (Wildman–Crippen MR) is 175 cm³/mol. The van der Waals surface area contributed by atoms with Crippen molar-refractivity contribution in [1.82, 2.24) is 4.90 Å². The molecule has 0 spiro atoms. The van der Waals surface area contributed by atoms with Crippen molar-refractivity contribution in [3.8, 4) is 11.1 Å². The first-order valence-electron chi connectivity index (χ1n) is 15.2. The number of hydrogen-bond acceptors (Lipinski definition) is 9. The standard InChI is InChI=1S/C34H35N3O6S/c38-28-21-31(37-14-19-41-20-15-37)43-33-23(6-3-7-25(28)33)24-9-10-27(32-26-5-1-2-8-29(26)44-34(24)32)35-30(39)22-42-16-4-11-36-12-17-40-18-13-36/h1-3,5-10,21H,4,11-20,22H2,(H,35,39). The Morgan fingerprint density at radius 3 is 2.50 bits per heavy atom. The molecule has 2 saturated heterocycles. The summed E-state index contributed by atoms with van der Waals surface area (Å²) in [6.07, 6.45) is 0.871. The number of fused-ring (bicyclic) bond motifs is 4. The molecule has 228 valence electrons. The van der Waals surface area contributed by atoms with Gasteiger partial charge in [0.1, 0.15) is 12.2 Å². The lowest BCUT2D eigenvalue weighted by Gasteiger charge is -2.27. The minimum Gasteiger partial charge on any atom is -0.440 e. The van der Waals surface area contributed by atoms with Gasteiger partial charge in [-0.25, -0.2) is 0 Å². The van der Waals surface area contributed by atoms with Crippen molar-refractivity contribution in [2.75, 3.05) is 82.6 Å². The molecule has 1 N–H and O–H groups in total. The summed E-state index contributed by atoms with van der Waals surface area (Å²) in [5.74, 6) is 0.367. The molecular weight excluding hydrogens is 578 g/mol. The molecule has 10 heteroatoms. The lowest BCUT2D eigenvalue weighted by Crippen LogP contribution is -2.37. The Hall–Kier alpha value is -3.80. The monoisotopic (exact) mass is 613 g/mol. The molecule has 7 rings (SSSR count). The highest BCUT2D eigenvalue weighted by Gasteiger charge is 2.21. The molecule has 0 bridgehead atoms. The molecule has 4 heterocycles. The highest BCUT2D eigenvalue weighted by atomic mass is 32.1. The van der Waals surface area contributed by atoms with E-state index in [-0.39, 0.29) is 17.9 Å². The molecule has 2 aliphatic heterocycles. The maximum atomic E-state index is 13.2. The van der Waals surface area contributed by atoms with Gasteiger partial charge in [-0.1, -0.05) is 36.4 Å². The van der Waals surface area contributed by atoms with Gasteiger partial charge in [-0.2, -0.15) is 0 Å². The fourth-order valence-corrected chi connectivity index (χ4v) is 7.28. The number of benzene rings is 3. The van der Waals surface area contributed by atoms with Crippen LogP contribution in [0.3, 0.4) is 0 Å². The molecular formula is C34H35N3O6S. The molecule has 0 unspecified atom stereocenters. The number of hydrogen-bond donors (Lipinski definition) is 1. The molecule has 3 aromatic carbocycles. The number of ether oxygens (including phenoxy) is 3. The molecule has 2 aliphatic rings. The van der Waals surface area contributed by atoms with Gasteiger partial charge >= 0.3 is 0 Å². The average molecular weight is 614 g/mol. The number of amides is 1. The summed E-state index contributed by atoms with van der Waals surface area (Å²) in [7, 11) is 0. The first kappa shape index (κ1) is 28.9. The Bertz CT molecular complexity index is 1860. The van der Waals surface area contributed by atoms with Gasteiger partial charge in [-0.05, 0) is 24.6 Å². The van der Waals surface area contributed by atoms with Crippen LogP contribution < -0.4 is 15.6 Å². The number of rotatable bonds is 9. The number of morpholine rings is 2. The summed E-state index contributed by atoms with van der Waals surface area (Å²) >= 11 is 1.66. The van der Waals surface area contributed by atoms with Crippen LogP contribution in [0, 0.1) is 0 Å². The molecule has 0 atom stereocenters. The zero-order valence-electron chi connectivity index (χ0n) is 24.5. The number of thiophene rings is 1. The Kier molecular flexibility index (Phi) is 8.59. The van der Waals surface area contributed by atoms with E-state index in [1.54, 1.807) is 17.4 Å². The molecule has 2 aromatic heterocycles. The van der Waals surface area contributed by atoms with E-state index >= 15 is 0 Å². The van der Waals surface area contributed by atoms with E-state index in [0.717, 1.165) is 76.3 Å². The fourth-order valence-electron chi connectivity index (χ4n) is 6.03. The van der Waals surface area contributed by atoms with E-state index in [1.807, 2.05) is 42.5 Å². The molecule has 44 heavy (non-hydrogen) atoms. The summed E-state index contributed by atoms with van der Waals surface area (Å²) in [5, 5.41) is 5.67. The van der Waals surface area contributed by atoms with Crippen LogP contribution in [-0.2, 0) is 19.0 Å². The van der Waals surface area contributed by atoms with Crippen LogP contribution in [0.15, 0.2) is 69.9 Å². The van der Waals surface area contributed by atoms with Gasteiger partial charge in [-0.15, -0.1) is 11.3 Å². The lowest BCUT2D eigenvalue weighted by molar-refractivity contribution is -0.120. The average Bonchev–Trinajstić information content (AvgIpc) is 3.46. The smallest absolute Gasteiger partial charge is 0.250 e. The van der Waals surface area contributed by atoms with E-state index in [1.165, 1.54) is 0 Å².